The molecule has 4 unspecified atom stereocenters. The average molecular weight is 265 g/mol. The molecule has 1 aliphatic heterocycles. The Kier molecular flexibility index (Phi) is 2.80. The summed E-state index contributed by atoms with van der Waals surface area (Å²) in [4.78, 5) is 12.5. The summed E-state index contributed by atoms with van der Waals surface area (Å²) < 4.78 is 5.97. The number of ether oxygens (including phenoxy) is 1. The maximum atomic E-state index is 12.5. The zero-order valence-corrected chi connectivity index (χ0v) is 12.7. The molecule has 3 heteroatoms. The SMILES string of the molecule is CC1(C(=O)OC2CC3CCC2(C)C3(C)C)CCCN1. The van der Waals surface area contributed by atoms with Gasteiger partial charge in [-0.1, -0.05) is 20.8 Å². The van der Waals surface area contributed by atoms with Crippen molar-refractivity contribution in [1.82, 2.24) is 5.32 Å². The molecule has 108 valence electrons. The largest absolute Gasteiger partial charge is 0.460 e. The minimum absolute atomic E-state index is 0.0282. The number of hydrogen-bond donors (Lipinski definition) is 1. The standard InChI is InChI=1S/C16H27NO2/c1-14(2)11-6-8-15(14,3)12(10-11)19-13(18)16(4)7-5-9-17-16/h11-12,17H,5-10H2,1-4H3. The van der Waals surface area contributed by atoms with Crippen molar-refractivity contribution in [3.63, 3.8) is 0 Å². The number of rotatable bonds is 2. The highest BCUT2D eigenvalue weighted by Crippen LogP contribution is 2.66. The monoisotopic (exact) mass is 265 g/mol. The van der Waals surface area contributed by atoms with Gasteiger partial charge in [-0.3, -0.25) is 4.79 Å². The first-order chi connectivity index (χ1) is 8.80. The minimum atomic E-state index is -0.442. The molecule has 3 aliphatic rings. The predicted molar refractivity (Wildman–Crippen MR) is 74.8 cm³/mol. The van der Waals surface area contributed by atoms with Crippen LogP contribution in [0.3, 0.4) is 0 Å². The summed E-state index contributed by atoms with van der Waals surface area (Å²) >= 11 is 0. The van der Waals surface area contributed by atoms with Crippen LogP contribution in [0.25, 0.3) is 0 Å². The lowest BCUT2D eigenvalue weighted by Crippen LogP contribution is -2.49. The van der Waals surface area contributed by atoms with Crippen LogP contribution in [0.5, 0.6) is 0 Å². The van der Waals surface area contributed by atoms with Gasteiger partial charge in [0.15, 0.2) is 0 Å². The Morgan fingerprint density at radius 3 is 2.42 bits per heavy atom. The molecule has 3 rings (SSSR count). The molecule has 3 nitrogen and oxygen atoms in total. The summed E-state index contributed by atoms with van der Waals surface area (Å²) in [5.41, 5.74) is 0.0343. The van der Waals surface area contributed by atoms with E-state index in [2.05, 4.69) is 26.1 Å². The van der Waals surface area contributed by atoms with E-state index in [-0.39, 0.29) is 17.5 Å². The Balaban J connectivity index is 1.74. The quantitative estimate of drug-likeness (QED) is 0.780. The summed E-state index contributed by atoms with van der Waals surface area (Å²) in [6.45, 7) is 9.95. The second-order valence-electron chi connectivity index (χ2n) is 7.87. The van der Waals surface area contributed by atoms with Crippen LogP contribution in [0, 0.1) is 16.7 Å². The normalized spacial score (nSPS) is 47.6. The molecule has 2 saturated carbocycles. The average Bonchev–Trinajstić information content (AvgIpc) is 2.92. The molecule has 0 aromatic carbocycles. The Labute approximate surface area is 116 Å². The number of hydrogen-bond acceptors (Lipinski definition) is 3. The van der Waals surface area contributed by atoms with E-state index in [1.807, 2.05) is 6.92 Å². The Morgan fingerprint density at radius 1 is 1.21 bits per heavy atom. The van der Waals surface area contributed by atoms with Gasteiger partial charge in [0.25, 0.3) is 0 Å². The van der Waals surface area contributed by atoms with Crippen molar-refractivity contribution >= 4 is 5.97 Å². The van der Waals surface area contributed by atoms with Gasteiger partial charge >= 0.3 is 5.97 Å². The molecule has 0 spiro atoms. The highest BCUT2D eigenvalue weighted by atomic mass is 16.5. The Bertz CT molecular complexity index is 398. The fraction of sp³-hybridized carbons (Fsp3) is 0.938. The van der Waals surface area contributed by atoms with Crippen molar-refractivity contribution in [2.24, 2.45) is 16.7 Å². The van der Waals surface area contributed by atoms with Gasteiger partial charge in [-0.05, 0) is 56.9 Å². The van der Waals surface area contributed by atoms with E-state index in [1.54, 1.807) is 0 Å². The van der Waals surface area contributed by atoms with Gasteiger partial charge in [-0.15, -0.1) is 0 Å². The van der Waals surface area contributed by atoms with E-state index >= 15 is 0 Å². The number of fused-ring (bicyclic) bond motifs is 2. The fourth-order valence-corrected chi connectivity index (χ4v) is 4.64. The highest BCUT2D eigenvalue weighted by Gasteiger charge is 2.63. The molecular formula is C16H27NO2. The molecule has 0 aromatic rings. The maximum absolute atomic E-state index is 12.5. The summed E-state index contributed by atoms with van der Waals surface area (Å²) in [7, 11) is 0. The number of esters is 1. The first-order valence-corrected chi connectivity index (χ1v) is 7.76. The smallest absolute Gasteiger partial charge is 0.326 e. The van der Waals surface area contributed by atoms with E-state index in [1.165, 1.54) is 12.8 Å². The zero-order chi connectivity index (χ0) is 13.9. The number of nitrogens with one attached hydrogen (secondary N) is 1. The van der Waals surface area contributed by atoms with Crippen LogP contribution in [-0.2, 0) is 9.53 Å². The van der Waals surface area contributed by atoms with Gasteiger partial charge in [0.2, 0.25) is 0 Å². The lowest BCUT2D eigenvalue weighted by Gasteiger charge is -2.39. The van der Waals surface area contributed by atoms with Crippen LogP contribution < -0.4 is 5.32 Å². The van der Waals surface area contributed by atoms with Crippen LogP contribution >= 0.6 is 0 Å². The molecule has 2 aliphatic carbocycles. The first kappa shape index (κ1) is 13.4. The first-order valence-electron chi connectivity index (χ1n) is 7.76. The van der Waals surface area contributed by atoms with Gasteiger partial charge in [0, 0.05) is 5.41 Å². The number of carbonyl (C=O) groups is 1. The van der Waals surface area contributed by atoms with Crippen molar-refractivity contribution in [1.29, 1.82) is 0 Å². The molecule has 19 heavy (non-hydrogen) atoms. The molecule has 1 heterocycles. The molecule has 4 atom stereocenters. The van der Waals surface area contributed by atoms with Gasteiger partial charge in [-0.2, -0.15) is 0 Å². The van der Waals surface area contributed by atoms with Crippen molar-refractivity contribution in [3.05, 3.63) is 0 Å². The van der Waals surface area contributed by atoms with Crippen LogP contribution in [0.15, 0.2) is 0 Å². The van der Waals surface area contributed by atoms with E-state index < -0.39 is 5.54 Å². The molecule has 0 radical (unpaired) electrons. The topological polar surface area (TPSA) is 38.3 Å². The molecule has 0 aromatic heterocycles. The molecule has 1 saturated heterocycles. The number of carbonyl (C=O) groups excluding carboxylic acids is 1. The third kappa shape index (κ3) is 1.70. The predicted octanol–water partition coefficient (Wildman–Crippen LogP) is 2.89. The van der Waals surface area contributed by atoms with Crippen LogP contribution in [0.4, 0.5) is 0 Å². The minimum Gasteiger partial charge on any atom is -0.460 e. The van der Waals surface area contributed by atoms with Gasteiger partial charge in [0.05, 0.1) is 0 Å². The lowest BCUT2D eigenvalue weighted by molar-refractivity contribution is -0.163. The summed E-state index contributed by atoms with van der Waals surface area (Å²) in [6, 6.07) is 0. The second kappa shape index (κ2) is 3.97. The van der Waals surface area contributed by atoms with E-state index in [0.29, 0.717) is 5.41 Å². The maximum Gasteiger partial charge on any atom is 0.326 e. The van der Waals surface area contributed by atoms with Gasteiger partial charge in [0.1, 0.15) is 11.6 Å². The molecule has 1 N–H and O–H groups in total. The van der Waals surface area contributed by atoms with E-state index in [9.17, 15) is 4.79 Å². The van der Waals surface area contributed by atoms with Crippen LogP contribution in [0.2, 0.25) is 0 Å². The summed E-state index contributed by atoms with van der Waals surface area (Å²) in [6.07, 6.45) is 5.66. The summed E-state index contributed by atoms with van der Waals surface area (Å²) in [5.74, 6) is 0.694. The van der Waals surface area contributed by atoms with E-state index in [0.717, 1.165) is 31.7 Å². The van der Waals surface area contributed by atoms with Crippen molar-refractivity contribution in [2.45, 2.75) is 71.4 Å². The Hall–Kier alpha value is -0.570. The molecule has 3 fully saturated rings. The Morgan fingerprint density at radius 2 is 1.95 bits per heavy atom. The molecule has 2 bridgehead atoms. The van der Waals surface area contributed by atoms with Crippen molar-refractivity contribution < 1.29 is 9.53 Å². The second-order valence-corrected chi connectivity index (χ2v) is 7.87. The third-order valence-electron chi connectivity index (χ3n) is 6.78. The van der Waals surface area contributed by atoms with Gasteiger partial charge in [-0.25, -0.2) is 0 Å². The zero-order valence-electron chi connectivity index (χ0n) is 12.7. The van der Waals surface area contributed by atoms with Crippen molar-refractivity contribution in [2.75, 3.05) is 6.54 Å². The fourth-order valence-electron chi connectivity index (χ4n) is 4.64. The van der Waals surface area contributed by atoms with Gasteiger partial charge < -0.3 is 10.1 Å². The van der Waals surface area contributed by atoms with E-state index in [4.69, 9.17) is 4.74 Å². The highest BCUT2D eigenvalue weighted by molar-refractivity contribution is 5.81. The van der Waals surface area contributed by atoms with Crippen LogP contribution in [0.1, 0.15) is 59.8 Å². The van der Waals surface area contributed by atoms with Crippen molar-refractivity contribution in [3.8, 4) is 0 Å². The third-order valence-corrected chi connectivity index (χ3v) is 6.78. The molecule has 0 amide bonds. The molecular weight excluding hydrogens is 238 g/mol. The lowest BCUT2D eigenvalue weighted by atomic mass is 9.70. The summed E-state index contributed by atoms with van der Waals surface area (Å²) in [5, 5.41) is 3.31. The van der Waals surface area contributed by atoms with Crippen LogP contribution in [-0.4, -0.2) is 24.2 Å².